The number of benzene rings is 2. The number of H-pyrrole nitrogens is 1. The summed E-state index contributed by atoms with van der Waals surface area (Å²) in [5.41, 5.74) is 4.30. The van der Waals surface area contributed by atoms with Crippen molar-refractivity contribution in [3.8, 4) is 0 Å². The molecule has 4 rings (SSSR count). The highest BCUT2D eigenvalue weighted by atomic mass is 32.2. The minimum absolute atomic E-state index is 0.138. The standard InChI is InChI=1S/C20H17N5OS/c1-13-5-6-15-10-17(7-8-18(15)23-13)24-19(26)16-4-2-3-14(9-16)11-27-20-21-12-22-25-20/h2-10,12H,11H2,1H3,(H,24,26)(H,21,22,25). The van der Waals surface area contributed by atoms with E-state index in [0.29, 0.717) is 11.3 Å². The number of nitrogens with zero attached hydrogens (tertiary/aromatic N) is 3. The van der Waals surface area contributed by atoms with Crippen LogP contribution in [0.2, 0.25) is 0 Å². The number of carbonyl (C=O) groups excluding carboxylic acids is 1. The molecule has 0 aliphatic carbocycles. The number of aryl methyl sites for hydroxylation is 1. The van der Waals surface area contributed by atoms with Gasteiger partial charge in [0.1, 0.15) is 6.33 Å². The summed E-state index contributed by atoms with van der Waals surface area (Å²) in [7, 11) is 0. The zero-order valence-corrected chi connectivity index (χ0v) is 15.5. The molecule has 2 aromatic heterocycles. The van der Waals surface area contributed by atoms with Gasteiger partial charge in [0.25, 0.3) is 5.91 Å². The smallest absolute Gasteiger partial charge is 0.255 e. The van der Waals surface area contributed by atoms with E-state index in [1.165, 1.54) is 18.1 Å². The summed E-state index contributed by atoms with van der Waals surface area (Å²) < 4.78 is 0. The number of anilines is 1. The molecular weight excluding hydrogens is 358 g/mol. The molecule has 0 saturated heterocycles. The number of thioether (sulfide) groups is 1. The van der Waals surface area contributed by atoms with Crippen molar-refractivity contribution in [2.75, 3.05) is 5.32 Å². The molecule has 6 nitrogen and oxygen atoms in total. The molecule has 1 amide bonds. The number of amides is 1. The zero-order valence-electron chi connectivity index (χ0n) is 14.6. The van der Waals surface area contributed by atoms with Gasteiger partial charge in [-0.15, -0.1) is 0 Å². The first-order chi connectivity index (χ1) is 13.2. The Bertz CT molecular complexity index is 1090. The van der Waals surface area contributed by atoms with Gasteiger partial charge in [0.05, 0.1) is 5.52 Å². The molecule has 0 atom stereocenters. The van der Waals surface area contributed by atoms with Gasteiger partial charge < -0.3 is 5.32 Å². The Balaban J connectivity index is 1.47. The SMILES string of the molecule is Cc1ccc2cc(NC(=O)c3cccc(CSc4ncn[nH]4)c3)ccc2n1. The number of rotatable bonds is 5. The monoisotopic (exact) mass is 375 g/mol. The predicted molar refractivity (Wildman–Crippen MR) is 107 cm³/mol. The van der Waals surface area contributed by atoms with Crippen molar-refractivity contribution < 1.29 is 4.79 Å². The molecule has 0 saturated carbocycles. The van der Waals surface area contributed by atoms with Gasteiger partial charge in [-0.25, -0.2) is 4.98 Å². The number of carbonyl (C=O) groups is 1. The van der Waals surface area contributed by atoms with Crippen molar-refractivity contribution in [3.63, 3.8) is 0 Å². The maximum absolute atomic E-state index is 12.6. The summed E-state index contributed by atoms with van der Waals surface area (Å²) in [4.78, 5) is 21.2. The molecule has 0 fully saturated rings. The lowest BCUT2D eigenvalue weighted by atomic mass is 10.1. The van der Waals surface area contributed by atoms with E-state index in [4.69, 9.17) is 0 Å². The largest absolute Gasteiger partial charge is 0.322 e. The van der Waals surface area contributed by atoms with Gasteiger partial charge in [0.2, 0.25) is 0 Å². The summed E-state index contributed by atoms with van der Waals surface area (Å²) in [5.74, 6) is 0.568. The highest BCUT2D eigenvalue weighted by Gasteiger charge is 2.08. The fourth-order valence-electron chi connectivity index (χ4n) is 2.73. The Morgan fingerprint density at radius 3 is 2.93 bits per heavy atom. The topological polar surface area (TPSA) is 83.6 Å². The molecule has 0 spiro atoms. The lowest BCUT2D eigenvalue weighted by Gasteiger charge is -2.08. The van der Waals surface area contributed by atoms with Gasteiger partial charge in [-0.3, -0.25) is 14.9 Å². The molecule has 2 N–H and O–H groups in total. The van der Waals surface area contributed by atoms with Crippen LogP contribution in [0, 0.1) is 6.92 Å². The molecule has 0 bridgehead atoms. The van der Waals surface area contributed by atoms with Crippen molar-refractivity contribution in [2.45, 2.75) is 17.8 Å². The molecule has 0 radical (unpaired) electrons. The molecule has 0 unspecified atom stereocenters. The Labute approximate surface area is 160 Å². The van der Waals surface area contributed by atoms with Crippen molar-refractivity contribution in [1.29, 1.82) is 0 Å². The van der Waals surface area contributed by atoms with Crippen LogP contribution < -0.4 is 5.32 Å². The molecule has 7 heteroatoms. The normalized spacial score (nSPS) is 10.9. The maximum Gasteiger partial charge on any atom is 0.255 e. The van der Waals surface area contributed by atoms with Crippen LogP contribution in [0.3, 0.4) is 0 Å². The van der Waals surface area contributed by atoms with Crippen LogP contribution in [0.15, 0.2) is 66.1 Å². The third kappa shape index (κ3) is 4.15. The van der Waals surface area contributed by atoms with Crippen molar-refractivity contribution >= 4 is 34.3 Å². The summed E-state index contributed by atoms with van der Waals surface area (Å²) in [5, 5.41) is 11.4. The van der Waals surface area contributed by atoms with Crippen LogP contribution in [-0.2, 0) is 5.75 Å². The first kappa shape index (κ1) is 17.2. The van der Waals surface area contributed by atoms with Crippen LogP contribution in [0.1, 0.15) is 21.6 Å². The van der Waals surface area contributed by atoms with Gasteiger partial charge >= 0.3 is 0 Å². The number of aromatic nitrogens is 4. The summed E-state index contributed by atoms with van der Waals surface area (Å²) in [6.07, 6.45) is 1.48. The number of hydrogen-bond acceptors (Lipinski definition) is 5. The highest BCUT2D eigenvalue weighted by molar-refractivity contribution is 7.98. The van der Waals surface area contributed by atoms with E-state index >= 15 is 0 Å². The van der Waals surface area contributed by atoms with E-state index in [-0.39, 0.29) is 5.91 Å². The molecule has 2 heterocycles. The number of hydrogen-bond donors (Lipinski definition) is 2. The summed E-state index contributed by atoms with van der Waals surface area (Å²) in [6.45, 7) is 1.96. The minimum Gasteiger partial charge on any atom is -0.322 e. The Kier molecular flexibility index (Phi) is 4.84. The van der Waals surface area contributed by atoms with Crippen LogP contribution in [0.4, 0.5) is 5.69 Å². The number of pyridine rings is 1. The van der Waals surface area contributed by atoms with Gasteiger partial charge in [-0.1, -0.05) is 30.0 Å². The van der Waals surface area contributed by atoms with Crippen LogP contribution in [0.5, 0.6) is 0 Å². The maximum atomic E-state index is 12.6. The number of nitrogens with one attached hydrogen (secondary N) is 2. The van der Waals surface area contributed by atoms with Crippen molar-refractivity contribution in [2.24, 2.45) is 0 Å². The van der Waals surface area contributed by atoms with E-state index in [9.17, 15) is 4.79 Å². The van der Waals surface area contributed by atoms with Gasteiger partial charge in [0, 0.05) is 28.1 Å². The third-order valence-electron chi connectivity index (χ3n) is 4.04. The van der Waals surface area contributed by atoms with Crippen LogP contribution >= 0.6 is 11.8 Å². The third-order valence-corrected chi connectivity index (χ3v) is 4.99. The Morgan fingerprint density at radius 1 is 1.15 bits per heavy atom. The number of fused-ring (bicyclic) bond motifs is 1. The van der Waals surface area contributed by atoms with Crippen molar-refractivity contribution in [1.82, 2.24) is 20.2 Å². The minimum atomic E-state index is -0.138. The second kappa shape index (κ2) is 7.59. The molecule has 134 valence electrons. The quantitative estimate of drug-likeness (QED) is 0.511. The van der Waals surface area contributed by atoms with Crippen molar-refractivity contribution in [3.05, 3.63) is 77.7 Å². The fraction of sp³-hybridized carbons (Fsp3) is 0.100. The van der Waals surface area contributed by atoms with Gasteiger partial charge in [-0.2, -0.15) is 5.10 Å². The highest BCUT2D eigenvalue weighted by Crippen LogP contribution is 2.21. The van der Waals surface area contributed by atoms with E-state index in [0.717, 1.165) is 33.0 Å². The molecule has 2 aromatic carbocycles. The fourth-order valence-corrected chi connectivity index (χ4v) is 3.45. The van der Waals surface area contributed by atoms with E-state index in [1.54, 1.807) is 0 Å². The summed E-state index contributed by atoms with van der Waals surface area (Å²) in [6, 6.07) is 17.3. The van der Waals surface area contributed by atoms with Crippen LogP contribution in [0.25, 0.3) is 10.9 Å². The van der Waals surface area contributed by atoms with E-state index < -0.39 is 0 Å². The zero-order chi connectivity index (χ0) is 18.6. The van der Waals surface area contributed by atoms with Gasteiger partial charge in [-0.05, 0) is 48.9 Å². The number of aromatic amines is 1. The second-order valence-electron chi connectivity index (χ2n) is 6.09. The van der Waals surface area contributed by atoms with E-state index in [2.05, 4.69) is 25.5 Å². The lowest BCUT2D eigenvalue weighted by Crippen LogP contribution is -2.12. The van der Waals surface area contributed by atoms with E-state index in [1.807, 2.05) is 61.5 Å². The van der Waals surface area contributed by atoms with Crippen LogP contribution in [-0.4, -0.2) is 26.1 Å². The lowest BCUT2D eigenvalue weighted by molar-refractivity contribution is 0.102. The molecule has 4 aromatic rings. The first-order valence-electron chi connectivity index (χ1n) is 8.43. The average Bonchev–Trinajstić information content (AvgIpc) is 3.20. The average molecular weight is 375 g/mol. The predicted octanol–water partition coefficient (Wildman–Crippen LogP) is 4.21. The molecule has 0 aliphatic heterocycles. The molecule has 0 aliphatic rings. The summed E-state index contributed by atoms with van der Waals surface area (Å²) >= 11 is 1.54. The van der Waals surface area contributed by atoms with Gasteiger partial charge in [0.15, 0.2) is 5.16 Å². The first-order valence-corrected chi connectivity index (χ1v) is 9.42. The molecular formula is C20H17N5OS. The molecule has 27 heavy (non-hydrogen) atoms. The Hall–Kier alpha value is -3.19. The Morgan fingerprint density at radius 2 is 2.07 bits per heavy atom. The second-order valence-corrected chi connectivity index (χ2v) is 7.06.